The molecule has 0 amide bonds. The summed E-state index contributed by atoms with van der Waals surface area (Å²) < 4.78 is 0. The first-order valence-corrected chi connectivity index (χ1v) is 0. The topological polar surface area (TPSA) is 0 Å². The first-order chi connectivity index (χ1) is 0. The first kappa shape index (κ1) is 34.0. The Balaban J connectivity index is 0. The summed E-state index contributed by atoms with van der Waals surface area (Å²) in [4.78, 5) is 0. The molecular weight excluding hydrogens is 212 g/mol. The Morgan fingerprint density at radius 1 is 1.00 bits per heavy atom. The van der Waals surface area contributed by atoms with Crippen LogP contribution in [0.2, 0.25) is 0 Å². The van der Waals surface area contributed by atoms with Crippen LogP contribution in [0.25, 0.3) is 0 Å². The number of hydrogen-bond donors (Lipinski definition) is 0. The molecule has 0 aliphatic rings. The van der Waals surface area contributed by atoms with Crippen LogP contribution in [0.3, 0.4) is 0 Å². The van der Waals surface area contributed by atoms with Crippen molar-refractivity contribution in [3.05, 3.63) is 0 Å². The maximum Gasteiger partial charge on any atom is 0.187 e. The fourth-order valence-electron chi connectivity index (χ4n) is 0. The molecule has 0 fully saturated rings. The number of rotatable bonds is 0. The molecule has 0 aromatic rings. The Hall–Kier alpha value is 2.26. The van der Waals surface area contributed by atoms with Gasteiger partial charge in [-0.2, -0.15) is 0 Å². The van der Waals surface area contributed by atoms with Gasteiger partial charge in [0, 0.05) is 45.7 Å². The van der Waals surface area contributed by atoms with E-state index in [1.807, 2.05) is 0 Å². The van der Waals surface area contributed by atoms with Crippen molar-refractivity contribution in [2.75, 3.05) is 0 Å². The fraction of sp³-hybridized carbons (Fsp3) is 0. The molecule has 0 heterocycles. The summed E-state index contributed by atoms with van der Waals surface area (Å²) in [5, 5.41) is 0. The molecule has 0 atom stereocenters. The van der Waals surface area contributed by atoms with E-state index in [2.05, 4.69) is 0 Å². The first-order valence-electron chi connectivity index (χ1n) is 0. The Kier molecular flexibility index (Phi) is 159. The molecule has 20 valence electrons. The van der Waals surface area contributed by atoms with Crippen LogP contribution in [-0.2, 0) is 45.7 Å². The minimum atomic E-state index is 0. The Labute approximate surface area is 73.1 Å². The molecule has 0 bridgehead atoms. The predicted molar refractivity (Wildman–Crippen MR) is 21.3 cm³/mol. The van der Waals surface area contributed by atoms with E-state index < -0.39 is 0 Å². The largest absolute Gasteiger partial charge is 0.187 e. The second-order valence-electron chi connectivity index (χ2n) is 0. The molecular formula is H7AlSiZnZr. The van der Waals surface area contributed by atoms with Gasteiger partial charge in [-0.3, -0.25) is 0 Å². The van der Waals surface area contributed by atoms with Crippen molar-refractivity contribution in [3.8, 4) is 0 Å². The molecule has 0 N–H and O–H groups in total. The molecule has 0 aliphatic heterocycles. The van der Waals surface area contributed by atoms with E-state index in [1.165, 1.54) is 0 Å². The fourth-order valence-corrected chi connectivity index (χ4v) is 0. The third-order valence-corrected chi connectivity index (χ3v) is 0. The third-order valence-electron chi connectivity index (χ3n) is 0. The van der Waals surface area contributed by atoms with Crippen LogP contribution in [0.4, 0.5) is 0 Å². The average Bonchev–Trinajstić information content (AvgIpc) is 0. The molecule has 4 heavy (non-hydrogen) atoms. The van der Waals surface area contributed by atoms with E-state index in [9.17, 15) is 0 Å². The van der Waals surface area contributed by atoms with Crippen molar-refractivity contribution in [1.29, 1.82) is 0 Å². The van der Waals surface area contributed by atoms with E-state index in [0.717, 1.165) is 0 Å². The maximum atomic E-state index is 0. The molecule has 0 aliphatic carbocycles. The Morgan fingerprint density at radius 2 is 1.00 bits per heavy atom. The molecule has 0 aromatic heterocycles. The normalized spacial score (nSPS) is 0. The van der Waals surface area contributed by atoms with Gasteiger partial charge in [0.1, 0.15) is 0 Å². The zero-order valence-electron chi connectivity index (χ0n) is 1.21. The Bertz CT molecular complexity index is 8.00. The van der Waals surface area contributed by atoms with Crippen molar-refractivity contribution >= 4 is 28.3 Å². The van der Waals surface area contributed by atoms with E-state index >= 15 is 0 Å². The van der Waals surface area contributed by atoms with E-state index in [-0.39, 0.29) is 74.0 Å². The molecule has 0 unspecified atom stereocenters. The minimum absolute atomic E-state index is 0. The standard InChI is InChI=1S/Al.H4Si.Zn.Zr.3H/h;1H4;;;;;. The Morgan fingerprint density at radius 3 is 1.00 bits per heavy atom. The monoisotopic (exact) mass is 216 g/mol. The average molecular weight is 219 g/mol. The van der Waals surface area contributed by atoms with Crippen LogP contribution in [0.15, 0.2) is 0 Å². The summed E-state index contributed by atoms with van der Waals surface area (Å²) >= 11 is 0. The zero-order valence-corrected chi connectivity index (χ0v) is 6.63. The van der Waals surface area contributed by atoms with Gasteiger partial charge < -0.3 is 0 Å². The molecule has 0 saturated heterocycles. The van der Waals surface area contributed by atoms with Crippen molar-refractivity contribution in [2.45, 2.75) is 0 Å². The van der Waals surface area contributed by atoms with Crippen LogP contribution in [0, 0.1) is 0 Å². The molecule has 0 radical (unpaired) electrons. The maximum absolute atomic E-state index is 0. The van der Waals surface area contributed by atoms with Crippen molar-refractivity contribution in [3.63, 3.8) is 0 Å². The van der Waals surface area contributed by atoms with Gasteiger partial charge in [0.05, 0.1) is 0 Å². The van der Waals surface area contributed by atoms with Gasteiger partial charge in [0.15, 0.2) is 17.4 Å². The SMILES string of the molecule is [AlH3].[SiH4].[Zn].[Zr]. The van der Waals surface area contributed by atoms with Gasteiger partial charge in [0.2, 0.25) is 0 Å². The summed E-state index contributed by atoms with van der Waals surface area (Å²) in [6, 6.07) is 0. The van der Waals surface area contributed by atoms with Crippen LogP contribution < -0.4 is 0 Å². The summed E-state index contributed by atoms with van der Waals surface area (Å²) in [5.74, 6) is 0. The summed E-state index contributed by atoms with van der Waals surface area (Å²) in [6.45, 7) is 0. The molecule has 4 heteroatoms. The van der Waals surface area contributed by atoms with Gasteiger partial charge in [-0.25, -0.2) is 0 Å². The quantitative estimate of drug-likeness (QED) is 0.390. The van der Waals surface area contributed by atoms with Crippen LogP contribution >= 0.6 is 0 Å². The van der Waals surface area contributed by atoms with Crippen LogP contribution in [0.5, 0.6) is 0 Å². The van der Waals surface area contributed by atoms with Gasteiger partial charge in [-0.05, 0) is 11.0 Å². The minimum Gasteiger partial charge on any atom is -0.0149 e. The summed E-state index contributed by atoms with van der Waals surface area (Å²) in [7, 11) is 0. The summed E-state index contributed by atoms with van der Waals surface area (Å²) in [6.07, 6.45) is 0. The van der Waals surface area contributed by atoms with Crippen LogP contribution in [0.1, 0.15) is 0 Å². The van der Waals surface area contributed by atoms with Gasteiger partial charge in [-0.15, -0.1) is 0 Å². The molecule has 0 rings (SSSR count). The zero-order chi connectivity index (χ0) is 0. The van der Waals surface area contributed by atoms with Gasteiger partial charge in [0.25, 0.3) is 0 Å². The predicted octanol–water partition coefficient (Wildman–Crippen LogP) is -2.64. The summed E-state index contributed by atoms with van der Waals surface area (Å²) in [5.41, 5.74) is 0. The van der Waals surface area contributed by atoms with Gasteiger partial charge >= 0.3 is 0 Å². The van der Waals surface area contributed by atoms with Gasteiger partial charge in [-0.1, -0.05) is 0 Å². The van der Waals surface area contributed by atoms with Crippen molar-refractivity contribution in [2.24, 2.45) is 0 Å². The molecule has 0 aromatic carbocycles. The second-order valence-corrected chi connectivity index (χ2v) is 0. The molecule has 0 spiro atoms. The smallest absolute Gasteiger partial charge is 0.0149 e. The van der Waals surface area contributed by atoms with E-state index in [4.69, 9.17) is 0 Å². The number of hydrogen-bond acceptors (Lipinski definition) is 0. The van der Waals surface area contributed by atoms with Crippen molar-refractivity contribution < 1.29 is 45.7 Å². The molecule has 0 saturated carbocycles. The second kappa shape index (κ2) is 18.7. The van der Waals surface area contributed by atoms with E-state index in [0.29, 0.717) is 0 Å². The molecule has 0 nitrogen and oxygen atoms in total. The van der Waals surface area contributed by atoms with Crippen molar-refractivity contribution in [1.82, 2.24) is 0 Å². The van der Waals surface area contributed by atoms with Crippen LogP contribution in [-0.4, -0.2) is 28.3 Å². The third kappa shape index (κ3) is 8.87. The van der Waals surface area contributed by atoms with E-state index in [1.54, 1.807) is 0 Å².